The maximum atomic E-state index is 11.8. The summed E-state index contributed by atoms with van der Waals surface area (Å²) in [7, 11) is 0. The first kappa shape index (κ1) is 12.5. The number of carbonyl (C=O) groups excluding carboxylic acids is 1. The molecule has 1 fully saturated rings. The third-order valence-corrected chi connectivity index (χ3v) is 2.98. The minimum absolute atomic E-state index is 0.000130. The van der Waals surface area contributed by atoms with Crippen molar-refractivity contribution in [1.29, 1.82) is 0 Å². The van der Waals surface area contributed by atoms with Crippen molar-refractivity contribution >= 4 is 17.3 Å². The van der Waals surface area contributed by atoms with E-state index in [0.29, 0.717) is 24.3 Å². The van der Waals surface area contributed by atoms with Crippen molar-refractivity contribution in [1.82, 2.24) is 0 Å². The zero-order valence-corrected chi connectivity index (χ0v) is 10.0. The molecule has 1 aromatic rings. The average molecular weight is 250 g/mol. The number of nitro groups is 1. The van der Waals surface area contributed by atoms with Crippen LogP contribution in [-0.4, -0.2) is 23.5 Å². The number of benzene rings is 1. The topological polar surface area (TPSA) is 81.5 Å². The van der Waals surface area contributed by atoms with Gasteiger partial charge in [0, 0.05) is 12.7 Å². The van der Waals surface area contributed by atoms with Crippen molar-refractivity contribution in [3.05, 3.63) is 33.9 Å². The van der Waals surface area contributed by atoms with E-state index in [1.54, 1.807) is 19.1 Å². The van der Waals surface area contributed by atoms with Crippen molar-refractivity contribution in [2.45, 2.75) is 25.9 Å². The number of nitrogens with zero attached hydrogens (tertiary/aromatic N) is 1. The lowest BCUT2D eigenvalue weighted by Gasteiger charge is -2.12. The predicted molar refractivity (Wildman–Crippen MR) is 65.4 cm³/mol. The molecule has 1 aromatic carbocycles. The number of nitrogens with one attached hydrogen (secondary N) is 1. The highest BCUT2D eigenvalue weighted by atomic mass is 16.6. The first-order valence-corrected chi connectivity index (χ1v) is 5.76. The van der Waals surface area contributed by atoms with E-state index in [9.17, 15) is 14.9 Å². The van der Waals surface area contributed by atoms with Gasteiger partial charge in [0.2, 0.25) is 0 Å². The van der Waals surface area contributed by atoms with E-state index in [1.165, 1.54) is 6.07 Å². The average Bonchev–Trinajstić information content (AvgIpc) is 2.85. The van der Waals surface area contributed by atoms with E-state index in [-0.39, 0.29) is 11.6 Å². The summed E-state index contributed by atoms with van der Waals surface area (Å²) in [6, 6.07) is 4.61. The summed E-state index contributed by atoms with van der Waals surface area (Å²) in [5.74, 6) is -0.240. The molecular weight excluding hydrogens is 236 g/mol. The SMILES string of the molecule is Cc1c(NC(=O)[C@H]2CCCO2)cccc1[N+](=O)[O-]. The molecule has 2 rings (SSSR count). The van der Waals surface area contributed by atoms with Crippen LogP contribution in [-0.2, 0) is 9.53 Å². The van der Waals surface area contributed by atoms with Gasteiger partial charge in [0.05, 0.1) is 16.2 Å². The number of amides is 1. The maximum Gasteiger partial charge on any atom is 0.274 e. The third kappa shape index (κ3) is 2.48. The van der Waals surface area contributed by atoms with Gasteiger partial charge in [0.15, 0.2) is 0 Å². The fourth-order valence-corrected chi connectivity index (χ4v) is 1.95. The summed E-state index contributed by atoms with van der Waals surface area (Å²) < 4.78 is 5.26. The van der Waals surface area contributed by atoms with Gasteiger partial charge in [-0.05, 0) is 25.8 Å². The van der Waals surface area contributed by atoms with Crippen LogP contribution in [0.2, 0.25) is 0 Å². The minimum Gasteiger partial charge on any atom is -0.368 e. The Bertz CT molecular complexity index is 481. The number of anilines is 1. The Hall–Kier alpha value is -1.95. The zero-order chi connectivity index (χ0) is 13.1. The van der Waals surface area contributed by atoms with Gasteiger partial charge >= 0.3 is 0 Å². The molecule has 18 heavy (non-hydrogen) atoms. The second-order valence-electron chi connectivity index (χ2n) is 4.20. The largest absolute Gasteiger partial charge is 0.368 e. The van der Waals surface area contributed by atoms with Gasteiger partial charge in [-0.25, -0.2) is 0 Å². The van der Waals surface area contributed by atoms with Crippen LogP contribution in [0.25, 0.3) is 0 Å². The van der Waals surface area contributed by atoms with Crippen LogP contribution in [0.15, 0.2) is 18.2 Å². The third-order valence-electron chi connectivity index (χ3n) is 2.98. The fraction of sp³-hybridized carbons (Fsp3) is 0.417. The molecule has 1 atom stereocenters. The van der Waals surface area contributed by atoms with Gasteiger partial charge in [0.1, 0.15) is 6.10 Å². The van der Waals surface area contributed by atoms with Crippen LogP contribution in [0, 0.1) is 17.0 Å². The highest BCUT2D eigenvalue weighted by molar-refractivity contribution is 5.95. The van der Waals surface area contributed by atoms with Crippen LogP contribution in [0.1, 0.15) is 18.4 Å². The summed E-state index contributed by atoms with van der Waals surface area (Å²) in [5.41, 5.74) is 0.915. The molecule has 6 nitrogen and oxygen atoms in total. The molecule has 6 heteroatoms. The second-order valence-corrected chi connectivity index (χ2v) is 4.20. The zero-order valence-electron chi connectivity index (χ0n) is 10.0. The first-order valence-electron chi connectivity index (χ1n) is 5.76. The quantitative estimate of drug-likeness (QED) is 0.657. The number of nitro benzene ring substituents is 1. The molecule has 0 aliphatic carbocycles. The lowest BCUT2D eigenvalue weighted by Crippen LogP contribution is -2.27. The number of carbonyl (C=O) groups is 1. The lowest BCUT2D eigenvalue weighted by atomic mass is 10.1. The van der Waals surface area contributed by atoms with E-state index in [4.69, 9.17) is 4.74 Å². The molecule has 1 saturated heterocycles. The highest BCUT2D eigenvalue weighted by Gasteiger charge is 2.24. The molecule has 0 spiro atoms. The van der Waals surface area contributed by atoms with E-state index in [2.05, 4.69) is 5.32 Å². The number of hydrogen-bond donors (Lipinski definition) is 1. The molecule has 1 N–H and O–H groups in total. The molecular formula is C12H14N2O4. The summed E-state index contributed by atoms with van der Waals surface area (Å²) in [6.45, 7) is 2.20. The lowest BCUT2D eigenvalue weighted by molar-refractivity contribution is -0.385. The second kappa shape index (κ2) is 5.14. The Morgan fingerprint density at radius 1 is 1.56 bits per heavy atom. The molecule has 96 valence electrons. The van der Waals surface area contributed by atoms with E-state index >= 15 is 0 Å². The molecule has 1 aliphatic heterocycles. The molecule has 0 saturated carbocycles. The smallest absolute Gasteiger partial charge is 0.274 e. The van der Waals surface area contributed by atoms with Crippen molar-refractivity contribution in [3.63, 3.8) is 0 Å². The normalized spacial score (nSPS) is 18.6. The molecule has 0 bridgehead atoms. The molecule has 0 radical (unpaired) electrons. The van der Waals surface area contributed by atoms with E-state index in [1.807, 2.05) is 0 Å². The Labute approximate surface area is 104 Å². The number of ether oxygens (including phenoxy) is 1. The highest BCUT2D eigenvalue weighted by Crippen LogP contribution is 2.25. The monoisotopic (exact) mass is 250 g/mol. The van der Waals surface area contributed by atoms with Crippen LogP contribution in [0.4, 0.5) is 11.4 Å². The molecule has 1 heterocycles. The van der Waals surface area contributed by atoms with Crippen LogP contribution in [0.5, 0.6) is 0 Å². The Morgan fingerprint density at radius 2 is 2.33 bits per heavy atom. The summed E-state index contributed by atoms with van der Waals surface area (Å²) in [6.07, 6.45) is 1.12. The summed E-state index contributed by atoms with van der Waals surface area (Å²) in [4.78, 5) is 22.2. The van der Waals surface area contributed by atoms with Gasteiger partial charge in [-0.3, -0.25) is 14.9 Å². The van der Waals surface area contributed by atoms with Crippen molar-refractivity contribution in [2.75, 3.05) is 11.9 Å². The van der Waals surface area contributed by atoms with Crippen LogP contribution in [0.3, 0.4) is 0 Å². The van der Waals surface area contributed by atoms with Gasteiger partial charge in [-0.2, -0.15) is 0 Å². The molecule has 0 unspecified atom stereocenters. The minimum atomic E-state index is -0.461. The van der Waals surface area contributed by atoms with Gasteiger partial charge < -0.3 is 10.1 Å². The van der Waals surface area contributed by atoms with Crippen molar-refractivity contribution < 1.29 is 14.5 Å². The predicted octanol–water partition coefficient (Wildman–Crippen LogP) is 2.02. The summed E-state index contributed by atoms with van der Waals surface area (Å²) in [5, 5.41) is 13.5. The molecule has 1 amide bonds. The van der Waals surface area contributed by atoms with Gasteiger partial charge in [-0.15, -0.1) is 0 Å². The first-order chi connectivity index (χ1) is 8.59. The maximum absolute atomic E-state index is 11.8. The fourth-order valence-electron chi connectivity index (χ4n) is 1.95. The standard InChI is InChI=1S/C12H14N2O4/c1-8-9(4-2-5-10(8)14(16)17)13-12(15)11-6-3-7-18-11/h2,4-5,11H,3,6-7H2,1H3,(H,13,15)/t11-/m1/s1. The Balaban J connectivity index is 2.16. The van der Waals surface area contributed by atoms with E-state index in [0.717, 1.165) is 6.42 Å². The molecule has 0 aromatic heterocycles. The Morgan fingerprint density at radius 3 is 2.94 bits per heavy atom. The van der Waals surface area contributed by atoms with Crippen LogP contribution >= 0.6 is 0 Å². The Kier molecular flexibility index (Phi) is 3.57. The summed E-state index contributed by atoms with van der Waals surface area (Å²) >= 11 is 0. The number of hydrogen-bond acceptors (Lipinski definition) is 4. The van der Waals surface area contributed by atoms with E-state index < -0.39 is 11.0 Å². The van der Waals surface area contributed by atoms with Crippen molar-refractivity contribution in [2.24, 2.45) is 0 Å². The van der Waals surface area contributed by atoms with Crippen molar-refractivity contribution in [3.8, 4) is 0 Å². The van der Waals surface area contributed by atoms with Crippen LogP contribution < -0.4 is 5.32 Å². The molecule has 1 aliphatic rings. The number of rotatable bonds is 3. The van der Waals surface area contributed by atoms with Gasteiger partial charge in [-0.1, -0.05) is 6.07 Å². The van der Waals surface area contributed by atoms with Gasteiger partial charge in [0.25, 0.3) is 11.6 Å².